The summed E-state index contributed by atoms with van der Waals surface area (Å²) in [6.45, 7) is 13.5. The number of hydrogen-bond acceptors (Lipinski definition) is 0. The first-order valence-corrected chi connectivity index (χ1v) is 7.44. The second kappa shape index (κ2) is 6.97. The van der Waals surface area contributed by atoms with Crippen LogP contribution in [0.3, 0.4) is 0 Å². The Kier molecular flexibility index (Phi) is 5.91. The smallest absolute Gasteiger partial charge is 0.0395 e. The molecular weight excluding hydrogens is 216 g/mol. The molecule has 0 spiro atoms. The fourth-order valence-corrected chi connectivity index (χ4v) is 2.71. The summed E-state index contributed by atoms with van der Waals surface area (Å²) in [6.07, 6.45) is 4.38. The monoisotopic (exact) mass is 246 g/mol. The molecule has 0 N–H and O–H groups in total. The SMILES string of the molecule is CC1CCC(C)C(C)C1.Cc1ccc(C)c(C)c1. The molecule has 1 aliphatic carbocycles. The first-order valence-electron chi connectivity index (χ1n) is 7.44. The molecule has 0 heterocycles. The Morgan fingerprint density at radius 2 is 1.50 bits per heavy atom. The molecule has 0 bridgehead atoms. The van der Waals surface area contributed by atoms with Crippen molar-refractivity contribution in [3.05, 3.63) is 34.9 Å². The normalized spacial score (nSPS) is 27.3. The van der Waals surface area contributed by atoms with E-state index in [0.717, 1.165) is 17.8 Å². The quantitative estimate of drug-likeness (QED) is 0.551. The van der Waals surface area contributed by atoms with Crippen LogP contribution < -0.4 is 0 Å². The molecule has 1 aromatic carbocycles. The minimum atomic E-state index is 0.980. The topological polar surface area (TPSA) is 0 Å². The molecule has 3 unspecified atom stereocenters. The molecule has 1 aromatic rings. The van der Waals surface area contributed by atoms with E-state index in [9.17, 15) is 0 Å². The molecular formula is C18H30. The highest BCUT2D eigenvalue weighted by Gasteiger charge is 2.20. The maximum absolute atomic E-state index is 2.39. The van der Waals surface area contributed by atoms with E-state index in [1.807, 2.05) is 0 Å². The zero-order valence-corrected chi connectivity index (χ0v) is 13.1. The van der Waals surface area contributed by atoms with Gasteiger partial charge in [0, 0.05) is 0 Å². The summed E-state index contributed by atoms with van der Waals surface area (Å²) >= 11 is 0. The molecule has 0 heteroatoms. The maximum atomic E-state index is 2.39. The maximum Gasteiger partial charge on any atom is -0.0395 e. The van der Waals surface area contributed by atoms with Crippen molar-refractivity contribution in [2.45, 2.75) is 60.8 Å². The third kappa shape index (κ3) is 4.84. The van der Waals surface area contributed by atoms with E-state index in [0.29, 0.717) is 0 Å². The van der Waals surface area contributed by atoms with Crippen LogP contribution in [0.5, 0.6) is 0 Å². The third-order valence-electron chi connectivity index (χ3n) is 4.52. The average Bonchev–Trinajstić information content (AvgIpc) is 2.30. The van der Waals surface area contributed by atoms with Crippen LogP contribution in [0, 0.1) is 38.5 Å². The van der Waals surface area contributed by atoms with Gasteiger partial charge in [-0.2, -0.15) is 0 Å². The highest BCUT2D eigenvalue weighted by molar-refractivity contribution is 5.28. The van der Waals surface area contributed by atoms with E-state index in [-0.39, 0.29) is 0 Å². The van der Waals surface area contributed by atoms with Crippen LogP contribution in [0.15, 0.2) is 18.2 Å². The predicted octanol–water partition coefficient (Wildman–Crippen LogP) is 5.69. The summed E-state index contributed by atoms with van der Waals surface area (Å²) in [5, 5.41) is 0. The molecule has 0 nitrogen and oxygen atoms in total. The lowest BCUT2D eigenvalue weighted by Crippen LogP contribution is -2.18. The van der Waals surface area contributed by atoms with E-state index in [4.69, 9.17) is 0 Å². The van der Waals surface area contributed by atoms with Gasteiger partial charge in [0.05, 0.1) is 0 Å². The number of hydrogen-bond donors (Lipinski definition) is 0. The van der Waals surface area contributed by atoms with Crippen molar-refractivity contribution in [1.82, 2.24) is 0 Å². The predicted molar refractivity (Wildman–Crippen MR) is 82.0 cm³/mol. The summed E-state index contributed by atoms with van der Waals surface area (Å²) in [5.74, 6) is 2.96. The van der Waals surface area contributed by atoms with Gasteiger partial charge in [-0.1, -0.05) is 57.4 Å². The highest BCUT2D eigenvalue weighted by Crippen LogP contribution is 2.32. The van der Waals surface area contributed by atoms with Crippen LogP contribution in [0.1, 0.15) is 56.7 Å². The summed E-state index contributed by atoms with van der Waals surface area (Å²) in [5.41, 5.74) is 4.11. The van der Waals surface area contributed by atoms with Crippen LogP contribution in [0.2, 0.25) is 0 Å². The van der Waals surface area contributed by atoms with E-state index >= 15 is 0 Å². The first kappa shape index (κ1) is 15.3. The number of rotatable bonds is 0. The zero-order chi connectivity index (χ0) is 13.7. The van der Waals surface area contributed by atoms with E-state index in [1.54, 1.807) is 0 Å². The standard InChI is InChI=1S/C9H18.C9H12/c2*1-7-4-5-8(2)9(3)6-7/h7-9H,4-6H2,1-3H3;4-6H,1-3H3. The Balaban J connectivity index is 0.000000180. The average molecular weight is 246 g/mol. The van der Waals surface area contributed by atoms with Crippen molar-refractivity contribution in [1.29, 1.82) is 0 Å². The van der Waals surface area contributed by atoms with Gasteiger partial charge in [0.15, 0.2) is 0 Å². The van der Waals surface area contributed by atoms with E-state index < -0.39 is 0 Å². The number of benzene rings is 1. The van der Waals surface area contributed by atoms with Gasteiger partial charge in [-0.25, -0.2) is 0 Å². The van der Waals surface area contributed by atoms with E-state index in [1.165, 1.54) is 36.0 Å². The molecule has 0 saturated heterocycles. The van der Waals surface area contributed by atoms with Gasteiger partial charge in [-0.05, 0) is 56.1 Å². The minimum Gasteiger partial charge on any atom is -0.0625 e. The van der Waals surface area contributed by atoms with Crippen molar-refractivity contribution in [3.8, 4) is 0 Å². The molecule has 0 radical (unpaired) electrons. The summed E-state index contributed by atoms with van der Waals surface area (Å²) < 4.78 is 0. The molecule has 3 atom stereocenters. The Hall–Kier alpha value is -0.780. The molecule has 1 aliphatic rings. The van der Waals surface area contributed by atoms with Gasteiger partial charge in [-0.3, -0.25) is 0 Å². The van der Waals surface area contributed by atoms with Gasteiger partial charge in [-0.15, -0.1) is 0 Å². The fourth-order valence-electron chi connectivity index (χ4n) is 2.71. The van der Waals surface area contributed by atoms with E-state index in [2.05, 4.69) is 59.7 Å². The van der Waals surface area contributed by atoms with Crippen LogP contribution >= 0.6 is 0 Å². The summed E-state index contributed by atoms with van der Waals surface area (Å²) in [6, 6.07) is 6.50. The largest absolute Gasteiger partial charge is 0.0625 e. The molecule has 18 heavy (non-hydrogen) atoms. The molecule has 1 fully saturated rings. The lowest BCUT2D eigenvalue weighted by Gasteiger charge is -2.29. The first-order chi connectivity index (χ1) is 8.40. The van der Waals surface area contributed by atoms with Crippen molar-refractivity contribution in [2.24, 2.45) is 17.8 Å². The summed E-state index contributed by atoms with van der Waals surface area (Å²) in [4.78, 5) is 0. The Bertz CT molecular complexity index is 364. The second-order valence-electron chi connectivity index (χ2n) is 6.46. The van der Waals surface area contributed by atoms with Crippen molar-refractivity contribution in [3.63, 3.8) is 0 Å². The molecule has 0 aromatic heterocycles. The molecule has 0 aliphatic heterocycles. The lowest BCUT2D eigenvalue weighted by molar-refractivity contribution is 0.220. The van der Waals surface area contributed by atoms with Crippen LogP contribution in [-0.2, 0) is 0 Å². The van der Waals surface area contributed by atoms with Crippen molar-refractivity contribution < 1.29 is 0 Å². The zero-order valence-electron chi connectivity index (χ0n) is 13.1. The second-order valence-corrected chi connectivity index (χ2v) is 6.46. The number of aryl methyl sites for hydroxylation is 3. The van der Waals surface area contributed by atoms with Gasteiger partial charge in [0.2, 0.25) is 0 Å². The van der Waals surface area contributed by atoms with Gasteiger partial charge in [0.1, 0.15) is 0 Å². The molecule has 1 saturated carbocycles. The van der Waals surface area contributed by atoms with Crippen LogP contribution in [0.4, 0.5) is 0 Å². The Morgan fingerprint density at radius 1 is 0.833 bits per heavy atom. The van der Waals surface area contributed by atoms with Gasteiger partial charge in [0.25, 0.3) is 0 Å². The molecule has 0 amide bonds. The lowest BCUT2D eigenvalue weighted by atomic mass is 9.77. The minimum absolute atomic E-state index is 0.980. The summed E-state index contributed by atoms with van der Waals surface area (Å²) in [7, 11) is 0. The fraction of sp³-hybridized carbons (Fsp3) is 0.667. The van der Waals surface area contributed by atoms with Crippen LogP contribution in [-0.4, -0.2) is 0 Å². The Morgan fingerprint density at radius 3 is 1.94 bits per heavy atom. The van der Waals surface area contributed by atoms with Crippen LogP contribution in [0.25, 0.3) is 0 Å². The van der Waals surface area contributed by atoms with Gasteiger partial charge >= 0.3 is 0 Å². The van der Waals surface area contributed by atoms with Crippen molar-refractivity contribution >= 4 is 0 Å². The van der Waals surface area contributed by atoms with Gasteiger partial charge < -0.3 is 0 Å². The highest BCUT2D eigenvalue weighted by atomic mass is 14.3. The molecule has 2 rings (SSSR count). The molecule has 102 valence electrons. The van der Waals surface area contributed by atoms with Crippen molar-refractivity contribution in [2.75, 3.05) is 0 Å². The Labute approximate surface area is 114 Å². The third-order valence-corrected chi connectivity index (χ3v) is 4.52.